The normalized spacial score (nSPS) is 32.3. The van der Waals surface area contributed by atoms with Gasteiger partial charge in [-0.15, -0.1) is 0 Å². The van der Waals surface area contributed by atoms with Gasteiger partial charge in [-0.25, -0.2) is 0 Å². The molecule has 0 spiro atoms. The predicted octanol–water partition coefficient (Wildman–Crippen LogP) is 2.37. The predicted molar refractivity (Wildman–Crippen MR) is 61.8 cm³/mol. The summed E-state index contributed by atoms with van der Waals surface area (Å²) in [7, 11) is 0. The number of benzene rings is 1. The zero-order chi connectivity index (χ0) is 10.7. The molecule has 1 aliphatic heterocycles. The molecular weight excluding hydrogens is 186 g/mol. The Bertz CT molecular complexity index is 287. The van der Waals surface area contributed by atoms with E-state index in [1.165, 1.54) is 5.56 Å². The molecule has 2 nitrogen and oxygen atoms in total. The van der Waals surface area contributed by atoms with E-state index in [0.29, 0.717) is 12.0 Å². The summed E-state index contributed by atoms with van der Waals surface area (Å²) in [5.74, 6) is 0.582. The molecule has 3 unspecified atom stereocenters. The lowest BCUT2D eigenvalue weighted by atomic mass is 10.1. The molecule has 0 amide bonds. The number of hydrogen-bond acceptors (Lipinski definition) is 2. The highest BCUT2D eigenvalue weighted by Crippen LogP contribution is 2.21. The van der Waals surface area contributed by atoms with Gasteiger partial charge in [0.05, 0.1) is 12.7 Å². The summed E-state index contributed by atoms with van der Waals surface area (Å²) >= 11 is 0. The van der Waals surface area contributed by atoms with Crippen molar-refractivity contribution in [1.82, 2.24) is 5.32 Å². The smallest absolute Gasteiger partial charge is 0.0949 e. The Kier molecular flexibility index (Phi) is 3.39. The van der Waals surface area contributed by atoms with Crippen molar-refractivity contribution < 1.29 is 4.74 Å². The minimum Gasteiger partial charge on any atom is -0.372 e. The van der Waals surface area contributed by atoms with Gasteiger partial charge in [-0.05, 0) is 18.4 Å². The largest absolute Gasteiger partial charge is 0.372 e. The second-order valence-electron chi connectivity index (χ2n) is 4.41. The van der Waals surface area contributed by atoms with E-state index in [9.17, 15) is 0 Å². The standard InChI is InChI=1S/C13H19NO/c1-10-9-15-13(8-14-11(10)2)12-6-4-3-5-7-12/h3-7,10-11,13-14H,8-9H2,1-2H3. The third-order valence-corrected chi connectivity index (χ3v) is 3.21. The van der Waals surface area contributed by atoms with Gasteiger partial charge in [0.25, 0.3) is 0 Å². The van der Waals surface area contributed by atoms with Crippen LogP contribution in [0.3, 0.4) is 0 Å². The molecule has 0 aromatic heterocycles. The Morgan fingerprint density at radius 2 is 1.93 bits per heavy atom. The molecule has 2 heteroatoms. The van der Waals surface area contributed by atoms with E-state index in [0.717, 1.165) is 13.2 Å². The fraction of sp³-hybridized carbons (Fsp3) is 0.538. The first kappa shape index (κ1) is 10.7. The van der Waals surface area contributed by atoms with E-state index in [1.807, 2.05) is 6.07 Å². The Labute approximate surface area is 91.6 Å². The van der Waals surface area contributed by atoms with Crippen molar-refractivity contribution in [2.24, 2.45) is 5.92 Å². The van der Waals surface area contributed by atoms with Crippen molar-refractivity contribution in [1.29, 1.82) is 0 Å². The van der Waals surface area contributed by atoms with Crippen LogP contribution < -0.4 is 5.32 Å². The summed E-state index contributed by atoms with van der Waals surface area (Å²) in [6, 6.07) is 11.0. The Morgan fingerprint density at radius 1 is 1.20 bits per heavy atom. The lowest BCUT2D eigenvalue weighted by molar-refractivity contribution is 0.0496. The highest BCUT2D eigenvalue weighted by atomic mass is 16.5. The van der Waals surface area contributed by atoms with Crippen molar-refractivity contribution in [3.8, 4) is 0 Å². The van der Waals surface area contributed by atoms with Gasteiger partial charge in [-0.2, -0.15) is 0 Å². The lowest BCUT2D eigenvalue weighted by Crippen LogP contribution is -2.32. The van der Waals surface area contributed by atoms with Gasteiger partial charge in [0, 0.05) is 12.6 Å². The van der Waals surface area contributed by atoms with Crippen LogP contribution in [0.4, 0.5) is 0 Å². The van der Waals surface area contributed by atoms with E-state index in [-0.39, 0.29) is 6.10 Å². The number of nitrogens with one attached hydrogen (secondary N) is 1. The van der Waals surface area contributed by atoms with Crippen LogP contribution in [0.25, 0.3) is 0 Å². The van der Waals surface area contributed by atoms with Crippen LogP contribution in [0.5, 0.6) is 0 Å². The third-order valence-electron chi connectivity index (χ3n) is 3.21. The summed E-state index contributed by atoms with van der Waals surface area (Å²) < 4.78 is 5.91. The number of hydrogen-bond donors (Lipinski definition) is 1. The lowest BCUT2D eigenvalue weighted by Gasteiger charge is -2.15. The van der Waals surface area contributed by atoms with Crippen LogP contribution in [0.2, 0.25) is 0 Å². The van der Waals surface area contributed by atoms with Crippen molar-refractivity contribution in [3.63, 3.8) is 0 Å². The summed E-state index contributed by atoms with van der Waals surface area (Å²) in [5, 5.41) is 3.52. The Balaban J connectivity index is 2.06. The van der Waals surface area contributed by atoms with E-state index in [4.69, 9.17) is 4.74 Å². The zero-order valence-corrected chi connectivity index (χ0v) is 9.44. The molecule has 0 aliphatic carbocycles. The Hall–Kier alpha value is -0.860. The van der Waals surface area contributed by atoms with Crippen molar-refractivity contribution in [3.05, 3.63) is 35.9 Å². The minimum absolute atomic E-state index is 0.207. The maximum atomic E-state index is 5.91. The quantitative estimate of drug-likeness (QED) is 0.760. The van der Waals surface area contributed by atoms with Gasteiger partial charge in [0.2, 0.25) is 0 Å². The first-order chi connectivity index (χ1) is 7.27. The molecule has 1 N–H and O–H groups in total. The summed E-state index contributed by atoms with van der Waals surface area (Å²) in [6.45, 7) is 6.20. The van der Waals surface area contributed by atoms with Crippen molar-refractivity contribution in [2.45, 2.75) is 26.0 Å². The first-order valence-corrected chi connectivity index (χ1v) is 5.67. The van der Waals surface area contributed by atoms with Crippen LogP contribution in [0.15, 0.2) is 30.3 Å². The van der Waals surface area contributed by atoms with E-state index in [1.54, 1.807) is 0 Å². The van der Waals surface area contributed by atoms with Gasteiger partial charge in [-0.3, -0.25) is 0 Å². The zero-order valence-electron chi connectivity index (χ0n) is 9.44. The van der Waals surface area contributed by atoms with E-state index >= 15 is 0 Å². The maximum Gasteiger partial charge on any atom is 0.0949 e. The molecule has 82 valence electrons. The molecule has 15 heavy (non-hydrogen) atoms. The molecule has 0 bridgehead atoms. The van der Waals surface area contributed by atoms with Crippen molar-refractivity contribution >= 4 is 0 Å². The second kappa shape index (κ2) is 4.77. The van der Waals surface area contributed by atoms with Gasteiger partial charge in [0.1, 0.15) is 0 Å². The molecule has 3 atom stereocenters. The number of ether oxygens (including phenoxy) is 1. The van der Waals surface area contributed by atoms with Gasteiger partial charge in [0.15, 0.2) is 0 Å². The molecule has 0 saturated carbocycles. The fourth-order valence-electron chi connectivity index (χ4n) is 1.85. The van der Waals surface area contributed by atoms with E-state index < -0.39 is 0 Å². The fourth-order valence-corrected chi connectivity index (χ4v) is 1.85. The van der Waals surface area contributed by atoms with Crippen LogP contribution >= 0.6 is 0 Å². The van der Waals surface area contributed by atoms with Crippen LogP contribution in [-0.2, 0) is 4.74 Å². The SMILES string of the molecule is CC1COC(c2ccccc2)CNC1C. The molecule has 1 saturated heterocycles. The first-order valence-electron chi connectivity index (χ1n) is 5.67. The average Bonchev–Trinajstić information content (AvgIpc) is 2.44. The van der Waals surface area contributed by atoms with Gasteiger partial charge in [-0.1, -0.05) is 37.3 Å². The van der Waals surface area contributed by atoms with Crippen molar-refractivity contribution in [2.75, 3.05) is 13.2 Å². The molecule has 0 radical (unpaired) electrons. The average molecular weight is 205 g/mol. The van der Waals surface area contributed by atoms with E-state index in [2.05, 4.69) is 43.4 Å². The topological polar surface area (TPSA) is 21.3 Å². The maximum absolute atomic E-state index is 5.91. The van der Waals surface area contributed by atoms with Gasteiger partial charge < -0.3 is 10.1 Å². The highest BCUT2D eigenvalue weighted by molar-refractivity contribution is 5.18. The molecule has 1 fully saturated rings. The molecule has 2 rings (SSSR count). The summed E-state index contributed by atoms with van der Waals surface area (Å²) in [4.78, 5) is 0. The third kappa shape index (κ3) is 2.58. The Morgan fingerprint density at radius 3 is 2.67 bits per heavy atom. The molecule has 1 heterocycles. The summed E-state index contributed by atoms with van der Waals surface area (Å²) in [5.41, 5.74) is 1.27. The second-order valence-corrected chi connectivity index (χ2v) is 4.41. The molecule has 1 aromatic rings. The van der Waals surface area contributed by atoms with Crippen LogP contribution in [0.1, 0.15) is 25.5 Å². The van der Waals surface area contributed by atoms with Crippen LogP contribution in [-0.4, -0.2) is 19.2 Å². The van der Waals surface area contributed by atoms with Crippen LogP contribution in [0, 0.1) is 5.92 Å². The molecule has 1 aromatic carbocycles. The highest BCUT2D eigenvalue weighted by Gasteiger charge is 2.21. The monoisotopic (exact) mass is 205 g/mol. The molecule has 1 aliphatic rings. The van der Waals surface area contributed by atoms with Gasteiger partial charge >= 0.3 is 0 Å². The minimum atomic E-state index is 0.207. The number of rotatable bonds is 1. The molecular formula is C13H19NO. The summed E-state index contributed by atoms with van der Waals surface area (Å²) in [6.07, 6.45) is 0.207.